The van der Waals surface area contributed by atoms with Crippen LogP contribution in [0.5, 0.6) is 0 Å². The summed E-state index contributed by atoms with van der Waals surface area (Å²) in [6.45, 7) is 4.32. The van der Waals surface area contributed by atoms with Crippen molar-refractivity contribution in [3.8, 4) is 0 Å². The molecule has 1 saturated heterocycles. The Balaban J connectivity index is 0.000000490. The van der Waals surface area contributed by atoms with Crippen molar-refractivity contribution in [1.29, 1.82) is 0 Å². The largest absolute Gasteiger partial charge is 0.661 e. The molecule has 0 unspecified atom stereocenters. The number of nitrogens with zero attached hydrogens (tertiary/aromatic N) is 1. The van der Waals surface area contributed by atoms with Gasteiger partial charge in [0.05, 0.1) is 0 Å². The molecule has 2 nitrogen and oxygen atoms in total. The smallest absolute Gasteiger partial charge is 0 e. The summed E-state index contributed by atoms with van der Waals surface area (Å²) in [7, 11) is 0. The molecule has 0 aromatic carbocycles. The first-order valence-corrected chi connectivity index (χ1v) is 2.84. The van der Waals surface area contributed by atoms with E-state index < -0.39 is 0 Å². The molecule has 1 N–H and O–H groups in total. The van der Waals surface area contributed by atoms with Crippen molar-refractivity contribution in [2.45, 2.75) is 6.42 Å². The van der Waals surface area contributed by atoms with Gasteiger partial charge in [0.2, 0.25) is 0 Å². The van der Waals surface area contributed by atoms with Crippen LogP contribution in [0.2, 0.25) is 0 Å². The normalized spacial score (nSPS) is 21.0. The first kappa shape index (κ1) is 8.97. The molecule has 46 valence electrons. The Morgan fingerprint density at radius 3 is 2.88 bits per heavy atom. The molecule has 1 fully saturated rings. The second-order valence-corrected chi connectivity index (χ2v) is 1.77. The summed E-state index contributed by atoms with van der Waals surface area (Å²) < 4.78 is 0. The van der Waals surface area contributed by atoms with Crippen molar-refractivity contribution in [3.63, 3.8) is 0 Å². The fourth-order valence-electron chi connectivity index (χ4n) is 0.711. The molecular formula is C5H11N2U-. The topological polar surface area (TPSA) is 26.1 Å². The molecule has 0 bridgehead atoms. The molecule has 0 saturated carbocycles. The first-order valence-electron chi connectivity index (χ1n) is 2.84. The van der Waals surface area contributed by atoms with Gasteiger partial charge in [0.25, 0.3) is 0 Å². The van der Waals surface area contributed by atoms with Crippen LogP contribution in [-0.4, -0.2) is 26.2 Å². The molecule has 8 heavy (non-hydrogen) atoms. The molecule has 3 heteroatoms. The fraction of sp³-hybridized carbons (Fsp3) is 1.00. The zero-order valence-electron chi connectivity index (χ0n) is 4.98. The van der Waals surface area contributed by atoms with Gasteiger partial charge >= 0.3 is 0 Å². The zero-order valence-corrected chi connectivity index (χ0v) is 9.15. The van der Waals surface area contributed by atoms with Gasteiger partial charge in [-0.05, 0) is 13.1 Å². The number of hydrogen-bond acceptors (Lipinski definition) is 1. The molecule has 1 aliphatic rings. The number of hydrogen-bond donors (Lipinski definition) is 1. The maximum atomic E-state index is 4.21. The first-order chi connectivity index (χ1) is 3.50. The van der Waals surface area contributed by atoms with Crippen molar-refractivity contribution in [1.82, 2.24) is 5.32 Å². The minimum atomic E-state index is 0. The van der Waals surface area contributed by atoms with E-state index in [1.165, 1.54) is 6.42 Å². The van der Waals surface area contributed by atoms with E-state index in [4.69, 9.17) is 0 Å². The monoisotopic (exact) mass is 337 g/mol. The molecule has 0 aliphatic carbocycles. The van der Waals surface area contributed by atoms with Crippen LogP contribution in [0.25, 0.3) is 5.32 Å². The second-order valence-electron chi connectivity index (χ2n) is 1.77. The van der Waals surface area contributed by atoms with Crippen molar-refractivity contribution in [2.24, 2.45) is 0 Å². The van der Waals surface area contributed by atoms with E-state index in [0.29, 0.717) is 0 Å². The van der Waals surface area contributed by atoms with Gasteiger partial charge in [-0.25, -0.2) is 0 Å². The van der Waals surface area contributed by atoms with Crippen LogP contribution in [0.4, 0.5) is 0 Å². The molecule has 0 aromatic heterocycles. The molecule has 0 aromatic rings. The van der Waals surface area contributed by atoms with Gasteiger partial charge in [-0.3, -0.25) is 0 Å². The van der Waals surface area contributed by atoms with Gasteiger partial charge in [-0.15, -0.1) is 13.1 Å². The SMILES string of the molecule is C1C[N-]CCNC1.[U]. The van der Waals surface area contributed by atoms with Crippen LogP contribution in [0.15, 0.2) is 0 Å². The molecule has 1 aliphatic heterocycles. The number of nitrogens with one attached hydrogen (secondary N) is 1. The van der Waals surface area contributed by atoms with Gasteiger partial charge in [0.1, 0.15) is 0 Å². The van der Waals surface area contributed by atoms with Crippen LogP contribution in [-0.2, 0) is 0 Å². The molecule has 0 amide bonds. The van der Waals surface area contributed by atoms with E-state index >= 15 is 0 Å². The van der Waals surface area contributed by atoms with Gasteiger partial charge in [-0.1, -0.05) is 6.42 Å². The van der Waals surface area contributed by atoms with Crippen LogP contribution in [0, 0.1) is 31.1 Å². The Morgan fingerprint density at radius 2 is 2.00 bits per heavy atom. The minimum absolute atomic E-state index is 0. The predicted molar refractivity (Wildman–Crippen MR) is 30.6 cm³/mol. The van der Waals surface area contributed by atoms with Gasteiger partial charge in [0.15, 0.2) is 0 Å². The Hall–Kier alpha value is 0.972. The van der Waals surface area contributed by atoms with Gasteiger partial charge in [0, 0.05) is 31.1 Å². The quantitative estimate of drug-likeness (QED) is 0.679. The third kappa shape index (κ3) is 3.91. The van der Waals surface area contributed by atoms with E-state index in [1.54, 1.807) is 0 Å². The van der Waals surface area contributed by atoms with E-state index in [0.717, 1.165) is 26.2 Å². The van der Waals surface area contributed by atoms with Crippen LogP contribution in [0.3, 0.4) is 0 Å². The average Bonchev–Trinajstić information content (AvgIpc) is 1.90. The standard InChI is InChI=1S/C5H11N2.U/c1-2-6-4-5-7-3-1;/h6H,1-5H2;/q-1;. The summed E-state index contributed by atoms with van der Waals surface area (Å²) in [5.74, 6) is 0. The van der Waals surface area contributed by atoms with Crippen LogP contribution >= 0.6 is 0 Å². The number of rotatable bonds is 0. The molecular weight excluding hydrogens is 326 g/mol. The summed E-state index contributed by atoms with van der Waals surface area (Å²) in [5.41, 5.74) is 0. The average molecular weight is 337 g/mol. The van der Waals surface area contributed by atoms with Crippen LogP contribution < -0.4 is 5.32 Å². The third-order valence-electron chi connectivity index (χ3n) is 1.12. The van der Waals surface area contributed by atoms with E-state index in [-0.39, 0.29) is 31.1 Å². The van der Waals surface area contributed by atoms with Crippen LogP contribution in [0.1, 0.15) is 6.42 Å². The summed E-state index contributed by atoms with van der Waals surface area (Å²) in [6.07, 6.45) is 1.22. The summed E-state index contributed by atoms with van der Waals surface area (Å²) in [4.78, 5) is 0. The van der Waals surface area contributed by atoms with Gasteiger partial charge < -0.3 is 10.6 Å². The fourth-order valence-corrected chi connectivity index (χ4v) is 0.711. The zero-order chi connectivity index (χ0) is 4.95. The van der Waals surface area contributed by atoms with E-state index in [2.05, 4.69) is 10.6 Å². The van der Waals surface area contributed by atoms with E-state index in [1.807, 2.05) is 0 Å². The Morgan fingerprint density at radius 1 is 1.12 bits per heavy atom. The summed E-state index contributed by atoms with van der Waals surface area (Å²) in [6, 6.07) is 0. The molecule has 0 radical (unpaired) electrons. The molecule has 0 spiro atoms. The Kier molecular flexibility index (Phi) is 6.84. The maximum Gasteiger partial charge on any atom is 0 e. The van der Waals surface area contributed by atoms with Crippen molar-refractivity contribution < 1.29 is 31.1 Å². The maximum absolute atomic E-state index is 4.21. The Bertz CT molecular complexity index is 30.0. The molecule has 1 heterocycles. The van der Waals surface area contributed by atoms with Crippen molar-refractivity contribution >= 4 is 0 Å². The van der Waals surface area contributed by atoms with E-state index in [9.17, 15) is 0 Å². The van der Waals surface area contributed by atoms with Gasteiger partial charge in [-0.2, -0.15) is 0 Å². The van der Waals surface area contributed by atoms with Crippen molar-refractivity contribution in [3.05, 3.63) is 5.32 Å². The minimum Gasteiger partial charge on any atom is -0.661 e. The summed E-state index contributed by atoms with van der Waals surface area (Å²) in [5, 5.41) is 7.46. The predicted octanol–water partition coefficient (Wildman–Crippen LogP) is 0.353. The summed E-state index contributed by atoms with van der Waals surface area (Å²) >= 11 is 0. The Labute approximate surface area is 74.2 Å². The van der Waals surface area contributed by atoms with Crippen molar-refractivity contribution in [2.75, 3.05) is 26.2 Å². The molecule has 0 atom stereocenters. The molecule has 1 rings (SSSR count). The second kappa shape index (κ2) is 6.10. The third-order valence-corrected chi connectivity index (χ3v) is 1.12.